The van der Waals surface area contributed by atoms with E-state index in [1.54, 1.807) is 23.9 Å². The van der Waals surface area contributed by atoms with Gasteiger partial charge in [-0.3, -0.25) is 9.40 Å². The third-order valence-corrected chi connectivity index (χ3v) is 4.02. The number of aromatic hydroxyl groups is 1. The molecule has 0 saturated carbocycles. The second-order valence-corrected chi connectivity index (χ2v) is 5.81. The quantitative estimate of drug-likeness (QED) is 0.893. The first-order chi connectivity index (χ1) is 8.92. The van der Waals surface area contributed by atoms with Gasteiger partial charge in [0.25, 0.3) is 10.0 Å². The van der Waals surface area contributed by atoms with E-state index in [0.717, 1.165) is 5.56 Å². The second-order valence-electron chi connectivity index (χ2n) is 4.16. The lowest BCUT2D eigenvalue weighted by molar-refractivity contribution is 0.459. The van der Waals surface area contributed by atoms with Crippen LogP contribution in [0.25, 0.3) is 0 Å². The van der Waals surface area contributed by atoms with E-state index < -0.39 is 10.0 Å². The summed E-state index contributed by atoms with van der Waals surface area (Å²) in [5.41, 5.74) is 1.12. The van der Waals surface area contributed by atoms with Gasteiger partial charge in [-0.2, -0.15) is 5.10 Å². The normalized spacial score (nSPS) is 11.5. The Morgan fingerprint density at radius 3 is 2.79 bits per heavy atom. The Kier molecular flexibility index (Phi) is 3.48. The van der Waals surface area contributed by atoms with Crippen LogP contribution in [-0.2, 0) is 16.6 Å². The highest BCUT2D eigenvalue weighted by Crippen LogP contribution is 2.25. The van der Waals surface area contributed by atoms with Gasteiger partial charge in [-0.05, 0) is 31.5 Å². The van der Waals surface area contributed by atoms with Crippen molar-refractivity contribution >= 4 is 15.7 Å². The zero-order valence-electron chi connectivity index (χ0n) is 10.7. The summed E-state index contributed by atoms with van der Waals surface area (Å²) in [4.78, 5) is -0.142. The largest absolute Gasteiger partial charge is 0.507 e. The monoisotopic (exact) mass is 281 g/mol. The number of anilines is 1. The van der Waals surface area contributed by atoms with Gasteiger partial charge in [-0.25, -0.2) is 8.42 Å². The van der Waals surface area contributed by atoms with E-state index in [4.69, 9.17) is 0 Å². The Balaban J connectivity index is 2.34. The lowest BCUT2D eigenvalue weighted by Gasteiger charge is -2.08. The van der Waals surface area contributed by atoms with Crippen molar-refractivity contribution in [3.63, 3.8) is 0 Å². The molecule has 0 unspecified atom stereocenters. The molecule has 0 saturated heterocycles. The second kappa shape index (κ2) is 4.93. The van der Waals surface area contributed by atoms with Crippen molar-refractivity contribution in [2.24, 2.45) is 0 Å². The maximum Gasteiger partial charge on any atom is 0.265 e. The van der Waals surface area contributed by atoms with Crippen molar-refractivity contribution in [2.45, 2.75) is 25.3 Å². The Labute approximate surface area is 111 Å². The fourth-order valence-electron chi connectivity index (χ4n) is 1.64. The minimum Gasteiger partial charge on any atom is -0.507 e. The Morgan fingerprint density at radius 2 is 2.16 bits per heavy atom. The van der Waals surface area contributed by atoms with Gasteiger partial charge >= 0.3 is 0 Å². The molecule has 1 heterocycles. The lowest BCUT2D eigenvalue weighted by Crippen LogP contribution is -2.13. The highest BCUT2D eigenvalue weighted by atomic mass is 32.2. The molecule has 0 atom stereocenters. The number of aryl methyl sites for hydroxylation is 2. The number of benzene rings is 1. The molecule has 1 aromatic carbocycles. The van der Waals surface area contributed by atoms with Gasteiger partial charge in [-0.15, -0.1) is 0 Å². The fourth-order valence-corrected chi connectivity index (χ4v) is 2.85. The molecule has 1 aromatic heterocycles. The molecule has 2 rings (SSSR count). The molecule has 0 fully saturated rings. The molecule has 0 spiro atoms. The molecule has 2 aromatic rings. The number of aromatic nitrogens is 2. The van der Waals surface area contributed by atoms with E-state index in [1.807, 2.05) is 6.92 Å². The zero-order valence-corrected chi connectivity index (χ0v) is 11.5. The number of hydrogen-bond acceptors (Lipinski definition) is 4. The highest BCUT2D eigenvalue weighted by Gasteiger charge is 2.19. The summed E-state index contributed by atoms with van der Waals surface area (Å²) >= 11 is 0. The van der Waals surface area contributed by atoms with Crippen molar-refractivity contribution in [3.8, 4) is 5.75 Å². The summed E-state index contributed by atoms with van der Waals surface area (Å²) in [7, 11) is -3.81. The summed E-state index contributed by atoms with van der Waals surface area (Å²) in [5.74, 6) is -0.277. The van der Waals surface area contributed by atoms with Crippen molar-refractivity contribution < 1.29 is 13.5 Å². The predicted octanol–water partition coefficient (Wildman–Crippen LogP) is 1.72. The maximum atomic E-state index is 12.2. The van der Waals surface area contributed by atoms with E-state index in [1.165, 1.54) is 18.3 Å². The van der Waals surface area contributed by atoms with Gasteiger partial charge in [0.05, 0.1) is 11.9 Å². The number of phenolic OH excluding ortho intramolecular Hbond substituents is 1. The van der Waals surface area contributed by atoms with Gasteiger partial charge < -0.3 is 5.11 Å². The molecule has 0 radical (unpaired) electrons. The minimum absolute atomic E-state index is 0.142. The van der Waals surface area contributed by atoms with Gasteiger partial charge in [0, 0.05) is 12.7 Å². The van der Waals surface area contributed by atoms with Crippen LogP contribution in [0.2, 0.25) is 0 Å². The molecule has 0 amide bonds. The molecule has 0 bridgehead atoms. The van der Waals surface area contributed by atoms with E-state index in [0.29, 0.717) is 12.2 Å². The van der Waals surface area contributed by atoms with Crippen LogP contribution in [0.4, 0.5) is 5.69 Å². The van der Waals surface area contributed by atoms with Crippen LogP contribution in [0, 0.1) is 6.92 Å². The molecular weight excluding hydrogens is 266 g/mol. The summed E-state index contributed by atoms with van der Waals surface area (Å²) in [6, 6.07) is 4.42. The molecule has 19 heavy (non-hydrogen) atoms. The SMILES string of the molecule is CCn1cc(NS(=O)(=O)c2cc(C)ccc2O)cn1. The number of phenols is 1. The molecular formula is C12H15N3O3S. The average molecular weight is 281 g/mol. The molecule has 0 aliphatic rings. The first-order valence-corrected chi connectivity index (χ1v) is 7.25. The van der Waals surface area contributed by atoms with Gasteiger partial charge in [-0.1, -0.05) is 6.07 Å². The molecule has 0 aliphatic heterocycles. The van der Waals surface area contributed by atoms with E-state index in [2.05, 4.69) is 9.82 Å². The molecule has 7 heteroatoms. The summed E-state index contributed by atoms with van der Waals surface area (Å²) in [6.07, 6.45) is 3.01. The molecule has 0 aliphatic carbocycles. The standard InChI is InChI=1S/C12H15N3O3S/c1-3-15-8-10(7-13-15)14-19(17,18)12-6-9(2)4-5-11(12)16/h4-8,14,16H,3H2,1-2H3. The number of sulfonamides is 1. The van der Waals surface area contributed by atoms with Gasteiger partial charge in [0.15, 0.2) is 0 Å². The van der Waals surface area contributed by atoms with Gasteiger partial charge in [0.2, 0.25) is 0 Å². The van der Waals surface area contributed by atoms with E-state index in [9.17, 15) is 13.5 Å². The van der Waals surface area contributed by atoms with Crippen LogP contribution in [0.15, 0.2) is 35.5 Å². The molecule has 2 N–H and O–H groups in total. The molecule has 6 nitrogen and oxygen atoms in total. The maximum absolute atomic E-state index is 12.2. The molecule has 102 valence electrons. The zero-order chi connectivity index (χ0) is 14.0. The van der Waals surface area contributed by atoms with Crippen LogP contribution >= 0.6 is 0 Å². The highest BCUT2D eigenvalue weighted by molar-refractivity contribution is 7.92. The predicted molar refractivity (Wildman–Crippen MR) is 71.6 cm³/mol. The average Bonchev–Trinajstić information content (AvgIpc) is 2.79. The smallest absolute Gasteiger partial charge is 0.265 e. The van der Waals surface area contributed by atoms with Crippen molar-refractivity contribution in [1.29, 1.82) is 0 Å². The van der Waals surface area contributed by atoms with Crippen molar-refractivity contribution in [3.05, 3.63) is 36.2 Å². The van der Waals surface area contributed by atoms with Crippen molar-refractivity contribution in [1.82, 2.24) is 9.78 Å². The number of nitrogens with zero attached hydrogens (tertiary/aromatic N) is 2. The van der Waals surface area contributed by atoms with Crippen LogP contribution in [-0.4, -0.2) is 23.3 Å². The van der Waals surface area contributed by atoms with Crippen LogP contribution < -0.4 is 4.72 Å². The van der Waals surface area contributed by atoms with Gasteiger partial charge in [0.1, 0.15) is 10.6 Å². The first kappa shape index (κ1) is 13.4. The minimum atomic E-state index is -3.81. The lowest BCUT2D eigenvalue weighted by atomic mass is 10.2. The van der Waals surface area contributed by atoms with E-state index >= 15 is 0 Å². The fraction of sp³-hybridized carbons (Fsp3) is 0.250. The van der Waals surface area contributed by atoms with Crippen LogP contribution in [0.1, 0.15) is 12.5 Å². The first-order valence-electron chi connectivity index (χ1n) is 5.77. The number of hydrogen-bond donors (Lipinski definition) is 2. The van der Waals surface area contributed by atoms with Crippen LogP contribution in [0.5, 0.6) is 5.75 Å². The Hall–Kier alpha value is -2.02. The van der Waals surface area contributed by atoms with E-state index in [-0.39, 0.29) is 10.6 Å². The third-order valence-electron chi connectivity index (χ3n) is 2.61. The van der Waals surface area contributed by atoms with Crippen molar-refractivity contribution in [2.75, 3.05) is 4.72 Å². The van der Waals surface area contributed by atoms with Crippen LogP contribution in [0.3, 0.4) is 0 Å². The topological polar surface area (TPSA) is 84.2 Å². The number of rotatable bonds is 4. The summed E-state index contributed by atoms with van der Waals surface area (Å²) in [6.45, 7) is 4.31. The summed E-state index contributed by atoms with van der Waals surface area (Å²) < 4.78 is 28.3. The Morgan fingerprint density at radius 1 is 1.42 bits per heavy atom. The summed E-state index contributed by atoms with van der Waals surface area (Å²) in [5, 5.41) is 13.6. The third kappa shape index (κ3) is 2.87. The Bertz CT molecular complexity index is 692. The number of nitrogens with one attached hydrogen (secondary N) is 1.